The van der Waals surface area contributed by atoms with Gasteiger partial charge in [-0.3, -0.25) is 9.59 Å². The minimum atomic E-state index is -0.850. The van der Waals surface area contributed by atoms with Crippen molar-refractivity contribution < 1.29 is 14.7 Å². The molecule has 0 fully saturated rings. The summed E-state index contributed by atoms with van der Waals surface area (Å²) in [7, 11) is 0. The molecule has 1 aliphatic heterocycles. The summed E-state index contributed by atoms with van der Waals surface area (Å²) in [6.45, 7) is 8.65. The molecule has 1 heterocycles. The number of amides is 1. The largest absolute Gasteiger partial charge is 0.481 e. The Bertz CT molecular complexity index is 575. The average Bonchev–Trinajstić information content (AvgIpc) is 2.49. The molecule has 0 bridgehead atoms. The number of nitrogens with zero attached hydrogens (tertiary/aromatic N) is 1. The maximum atomic E-state index is 13.0. The molecule has 1 unspecified atom stereocenters. The zero-order valence-corrected chi connectivity index (χ0v) is 13.8. The van der Waals surface area contributed by atoms with E-state index < -0.39 is 17.4 Å². The highest BCUT2D eigenvalue weighted by Gasteiger charge is 2.52. The van der Waals surface area contributed by atoms with Crippen LogP contribution in [0, 0.1) is 5.92 Å². The van der Waals surface area contributed by atoms with Gasteiger partial charge < -0.3 is 10.0 Å². The maximum Gasteiger partial charge on any atom is 0.313 e. The molecule has 1 amide bonds. The molecule has 0 aliphatic carbocycles. The zero-order valence-electron chi connectivity index (χ0n) is 13.8. The number of carboxylic acids is 1. The molecule has 2 rings (SSSR count). The van der Waals surface area contributed by atoms with E-state index >= 15 is 0 Å². The first-order chi connectivity index (χ1) is 10.4. The summed E-state index contributed by atoms with van der Waals surface area (Å²) in [4.78, 5) is 26.9. The van der Waals surface area contributed by atoms with Crippen molar-refractivity contribution in [1.82, 2.24) is 4.90 Å². The van der Waals surface area contributed by atoms with Crippen LogP contribution in [0.25, 0.3) is 0 Å². The van der Waals surface area contributed by atoms with E-state index in [0.29, 0.717) is 36.4 Å². The number of benzene rings is 1. The van der Waals surface area contributed by atoms with E-state index in [1.54, 1.807) is 18.2 Å². The third-order valence-electron chi connectivity index (χ3n) is 4.84. The van der Waals surface area contributed by atoms with Gasteiger partial charge in [-0.25, -0.2) is 0 Å². The molecule has 22 heavy (non-hydrogen) atoms. The highest BCUT2D eigenvalue weighted by Crippen LogP contribution is 2.45. The average molecular weight is 303 g/mol. The van der Waals surface area contributed by atoms with E-state index in [9.17, 15) is 14.7 Å². The van der Waals surface area contributed by atoms with Gasteiger partial charge in [0.2, 0.25) is 0 Å². The lowest BCUT2D eigenvalue weighted by Crippen LogP contribution is -2.60. The fourth-order valence-electron chi connectivity index (χ4n) is 3.77. The summed E-state index contributed by atoms with van der Waals surface area (Å²) in [6.07, 6.45) is 1.26. The van der Waals surface area contributed by atoms with Crippen LogP contribution in [-0.4, -0.2) is 34.0 Å². The highest BCUT2D eigenvalue weighted by atomic mass is 16.4. The maximum absolute atomic E-state index is 13.0. The summed E-state index contributed by atoms with van der Waals surface area (Å²) < 4.78 is 0. The van der Waals surface area contributed by atoms with Crippen molar-refractivity contribution in [3.63, 3.8) is 0 Å². The predicted molar refractivity (Wildman–Crippen MR) is 86.0 cm³/mol. The van der Waals surface area contributed by atoms with Gasteiger partial charge in [-0.1, -0.05) is 45.9 Å². The molecule has 1 aromatic rings. The SMILES string of the molecule is CCC1(CC)C(C(=O)O)c2ccccc2C(=O)N1CC(C)C. The van der Waals surface area contributed by atoms with Crippen LogP contribution < -0.4 is 0 Å². The standard InChI is InChI=1S/C18H25NO3/c1-5-18(6-2)15(17(21)22)13-9-7-8-10-14(13)16(20)19(18)11-12(3)4/h7-10,12,15H,5-6,11H2,1-4H3,(H,21,22). The Morgan fingerprint density at radius 2 is 1.86 bits per heavy atom. The van der Waals surface area contributed by atoms with E-state index in [2.05, 4.69) is 13.8 Å². The summed E-state index contributed by atoms with van der Waals surface area (Å²) in [5.41, 5.74) is 0.540. The van der Waals surface area contributed by atoms with Crippen LogP contribution in [0.2, 0.25) is 0 Å². The molecule has 1 aromatic carbocycles. The number of carbonyl (C=O) groups is 2. The fraction of sp³-hybridized carbons (Fsp3) is 0.556. The molecule has 120 valence electrons. The molecule has 0 saturated heterocycles. The Balaban J connectivity index is 2.70. The van der Waals surface area contributed by atoms with Crippen LogP contribution in [0.3, 0.4) is 0 Å². The third-order valence-corrected chi connectivity index (χ3v) is 4.84. The highest BCUT2D eigenvalue weighted by molar-refractivity contribution is 6.01. The van der Waals surface area contributed by atoms with Crippen LogP contribution in [0.15, 0.2) is 24.3 Å². The quantitative estimate of drug-likeness (QED) is 0.905. The Labute approximate surface area is 132 Å². The van der Waals surface area contributed by atoms with Gasteiger partial charge in [0.1, 0.15) is 5.92 Å². The lowest BCUT2D eigenvalue weighted by Gasteiger charge is -2.51. The Hall–Kier alpha value is -1.84. The third kappa shape index (κ3) is 2.40. The van der Waals surface area contributed by atoms with Crippen LogP contribution in [-0.2, 0) is 4.79 Å². The molecule has 0 saturated carbocycles. The molecule has 1 aliphatic rings. The predicted octanol–water partition coefficient (Wildman–Crippen LogP) is 3.53. The van der Waals surface area contributed by atoms with Crippen molar-refractivity contribution in [2.24, 2.45) is 5.92 Å². The van der Waals surface area contributed by atoms with Gasteiger partial charge in [-0.2, -0.15) is 0 Å². The van der Waals surface area contributed by atoms with Gasteiger partial charge >= 0.3 is 5.97 Å². The van der Waals surface area contributed by atoms with Gasteiger partial charge in [0.15, 0.2) is 0 Å². The smallest absolute Gasteiger partial charge is 0.313 e. The van der Waals surface area contributed by atoms with Crippen molar-refractivity contribution >= 4 is 11.9 Å². The molecule has 1 N–H and O–H groups in total. The second-order valence-electron chi connectivity index (χ2n) is 6.48. The summed E-state index contributed by atoms with van der Waals surface area (Å²) in [5, 5.41) is 9.88. The lowest BCUT2D eigenvalue weighted by atomic mass is 9.69. The molecule has 0 aromatic heterocycles. The topological polar surface area (TPSA) is 57.6 Å². The molecule has 1 atom stereocenters. The summed E-state index contributed by atoms with van der Waals surface area (Å²) in [5.74, 6) is -1.26. The second-order valence-corrected chi connectivity index (χ2v) is 6.48. The van der Waals surface area contributed by atoms with Crippen molar-refractivity contribution in [3.05, 3.63) is 35.4 Å². The molecular formula is C18H25NO3. The number of carboxylic acid groups (broad SMARTS) is 1. The molecule has 4 nitrogen and oxygen atoms in total. The van der Waals surface area contributed by atoms with Crippen molar-refractivity contribution in [3.8, 4) is 0 Å². The minimum absolute atomic E-state index is 0.0366. The van der Waals surface area contributed by atoms with E-state index in [0.717, 1.165) is 0 Å². The number of fused-ring (bicyclic) bond motifs is 1. The van der Waals surface area contributed by atoms with Crippen LogP contribution in [0.1, 0.15) is 62.4 Å². The Morgan fingerprint density at radius 3 is 2.36 bits per heavy atom. The van der Waals surface area contributed by atoms with Crippen LogP contribution in [0.4, 0.5) is 0 Å². The van der Waals surface area contributed by atoms with E-state index in [4.69, 9.17) is 0 Å². The molecular weight excluding hydrogens is 278 g/mol. The number of rotatable bonds is 5. The van der Waals surface area contributed by atoms with Crippen LogP contribution >= 0.6 is 0 Å². The summed E-state index contributed by atoms with van der Waals surface area (Å²) in [6, 6.07) is 7.15. The number of carbonyl (C=O) groups excluding carboxylic acids is 1. The van der Waals surface area contributed by atoms with E-state index in [1.165, 1.54) is 0 Å². The first kappa shape index (κ1) is 16.5. The number of hydrogen-bond acceptors (Lipinski definition) is 2. The Morgan fingerprint density at radius 1 is 1.27 bits per heavy atom. The van der Waals surface area contributed by atoms with Gasteiger partial charge in [-0.15, -0.1) is 0 Å². The van der Waals surface area contributed by atoms with Crippen molar-refractivity contribution in [2.75, 3.05) is 6.54 Å². The van der Waals surface area contributed by atoms with Crippen molar-refractivity contribution in [2.45, 2.75) is 52.0 Å². The van der Waals surface area contributed by atoms with Crippen molar-refractivity contribution in [1.29, 1.82) is 0 Å². The number of hydrogen-bond donors (Lipinski definition) is 1. The first-order valence-electron chi connectivity index (χ1n) is 8.02. The lowest BCUT2D eigenvalue weighted by molar-refractivity contribution is -0.143. The minimum Gasteiger partial charge on any atom is -0.481 e. The molecule has 0 spiro atoms. The van der Waals surface area contributed by atoms with Gasteiger partial charge in [0, 0.05) is 12.1 Å². The van der Waals surface area contributed by atoms with Gasteiger partial charge in [-0.05, 0) is 30.4 Å². The van der Waals surface area contributed by atoms with E-state index in [1.807, 2.05) is 24.8 Å². The van der Waals surface area contributed by atoms with Gasteiger partial charge in [0.05, 0.1) is 5.54 Å². The zero-order chi connectivity index (χ0) is 16.5. The normalized spacial score (nSPS) is 20.1. The van der Waals surface area contributed by atoms with E-state index in [-0.39, 0.29) is 5.91 Å². The molecule has 4 heteroatoms. The summed E-state index contributed by atoms with van der Waals surface area (Å²) >= 11 is 0. The Kier molecular flexibility index (Phi) is 4.59. The fourth-order valence-corrected chi connectivity index (χ4v) is 3.77. The molecule has 0 radical (unpaired) electrons. The van der Waals surface area contributed by atoms with Crippen LogP contribution in [0.5, 0.6) is 0 Å². The first-order valence-corrected chi connectivity index (χ1v) is 8.02. The monoisotopic (exact) mass is 303 g/mol. The second kappa shape index (κ2) is 6.11. The van der Waals surface area contributed by atoms with Gasteiger partial charge in [0.25, 0.3) is 5.91 Å². The number of aliphatic carboxylic acids is 1.